The summed E-state index contributed by atoms with van der Waals surface area (Å²) in [5.41, 5.74) is 2.23. The zero-order valence-corrected chi connectivity index (χ0v) is 17.3. The number of ether oxygens (including phenoxy) is 1. The summed E-state index contributed by atoms with van der Waals surface area (Å²) in [6.45, 7) is 3.24. The van der Waals surface area contributed by atoms with Gasteiger partial charge in [-0.1, -0.05) is 12.1 Å². The fourth-order valence-electron chi connectivity index (χ4n) is 2.57. The van der Waals surface area contributed by atoms with Gasteiger partial charge in [0.05, 0.1) is 16.3 Å². The molecule has 1 amide bonds. The Labute approximate surface area is 179 Å². The number of carbonyl (C=O) groups is 1. The number of aryl methyl sites for hydroxylation is 1. The monoisotopic (exact) mass is 419 g/mol. The molecule has 0 atom stereocenters. The third-order valence-electron chi connectivity index (χ3n) is 3.98. The number of rotatable bonds is 9. The number of pyridine rings is 1. The molecule has 0 saturated carbocycles. The summed E-state index contributed by atoms with van der Waals surface area (Å²) in [6, 6.07) is 13.0. The van der Waals surface area contributed by atoms with Crippen molar-refractivity contribution >= 4 is 29.1 Å². The second kappa shape index (κ2) is 10.7. The van der Waals surface area contributed by atoms with E-state index < -0.39 is 0 Å². The molecule has 3 aromatic rings. The molecule has 2 N–H and O–H groups in total. The van der Waals surface area contributed by atoms with Crippen molar-refractivity contribution in [3.8, 4) is 11.8 Å². The minimum atomic E-state index is -0.206. The van der Waals surface area contributed by atoms with Crippen LogP contribution in [0.3, 0.4) is 0 Å². The van der Waals surface area contributed by atoms with E-state index in [2.05, 4.69) is 26.7 Å². The van der Waals surface area contributed by atoms with E-state index in [0.29, 0.717) is 31.1 Å². The molecule has 30 heavy (non-hydrogen) atoms. The van der Waals surface area contributed by atoms with Crippen LogP contribution in [0.25, 0.3) is 6.08 Å². The van der Waals surface area contributed by atoms with Crippen LogP contribution in [-0.2, 0) is 11.4 Å². The van der Waals surface area contributed by atoms with Gasteiger partial charge in [0.15, 0.2) is 0 Å². The van der Waals surface area contributed by atoms with Crippen molar-refractivity contribution in [3.63, 3.8) is 0 Å². The van der Waals surface area contributed by atoms with Gasteiger partial charge in [0.1, 0.15) is 24.2 Å². The van der Waals surface area contributed by atoms with Crippen LogP contribution in [0.2, 0.25) is 0 Å². The highest BCUT2D eigenvalue weighted by Crippen LogP contribution is 2.17. The van der Waals surface area contributed by atoms with E-state index in [9.17, 15) is 4.79 Å². The number of hydrogen-bond acceptors (Lipinski definition) is 7. The van der Waals surface area contributed by atoms with Gasteiger partial charge < -0.3 is 15.4 Å². The van der Waals surface area contributed by atoms with Gasteiger partial charge >= 0.3 is 0 Å². The third-order valence-corrected chi connectivity index (χ3v) is 4.81. The molecule has 0 saturated heterocycles. The maximum Gasteiger partial charge on any atom is 0.244 e. The van der Waals surface area contributed by atoms with Gasteiger partial charge in [0.2, 0.25) is 5.91 Å². The van der Waals surface area contributed by atoms with E-state index >= 15 is 0 Å². The Morgan fingerprint density at radius 3 is 3.00 bits per heavy atom. The molecule has 0 aliphatic rings. The molecule has 2 aromatic heterocycles. The number of thiazole rings is 1. The highest BCUT2D eigenvalue weighted by molar-refractivity contribution is 7.09. The van der Waals surface area contributed by atoms with E-state index in [1.807, 2.05) is 36.6 Å². The van der Waals surface area contributed by atoms with E-state index in [1.165, 1.54) is 6.08 Å². The standard InChI is InChI=1S/C22H21N5O2S/c1-16-27-19(15-30-16)14-29-20-6-2-4-17(12-20)7-8-21(28)24-10-11-26-22-18(13-23)5-3-9-25-22/h2-9,12,15H,10-11,14H2,1H3,(H,24,28)(H,25,26). The van der Waals surface area contributed by atoms with Crippen molar-refractivity contribution in [2.24, 2.45) is 0 Å². The van der Waals surface area contributed by atoms with Gasteiger partial charge in [-0.15, -0.1) is 11.3 Å². The van der Waals surface area contributed by atoms with E-state index in [-0.39, 0.29) is 5.91 Å². The predicted octanol–water partition coefficient (Wildman–Crippen LogP) is 3.54. The average Bonchev–Trinajstić information content (AvgIpc) is 3.19. The van der Waals surface area contributed by atoms with Crippen molar-refractivity contribution in [1.82, 2.24) is 15.3 Å². The van der Waals surface area contributed by atoms with Crippen LogP contribution >= 0.6 is 11.3 Å². The first-order chi connectivity index (χ1) is 14.6. The fourth-order valence-corrected chi connectivity index (χ4v) is 3.17. The van der Waals surface area contributed by atoms with Gasteiger partial charge in [-0.3, -0.25) is 4.79 Å². The fraction of sp³-hybridized carbons (Fsp3) is 0.182. The maximum absolute atomic E-state index is 12.0. The highest BCUT2D eigenvalue weighted by atomic mass is 32.1. The van der Waals surface area contributed by atoms with Crippen molar-refractivity contribution < 1.29 is 9.53 Å². The summed E-state index contributed by atoms with van der Waals surface area (Å²) >= 11 is 1.59. The second-order valence-corrected chi connectivity index (χ2v) is 7.34. The average molecular weight is 420 g/mol. The van der Waals surface area contributed by atoms with Crippen LogP contribution in [0.15, 0.2) is 54.1 Å². The first-order valence-corrected chi connectivity index (χ1v) is 10.2. The van der Waals surface area contributed by atoms with Crippen molar-refractivity contribution in [1.29, 1.82) is 5.26 Å². The quantitative estimate of drug-likeness (QED) is 0.406. The predicted molar refractivity (Wildman–Crippen MR) is 117 cm³/mol. The summed E-state index contributed by atoms with van der Waals surface area (Å²) in [5, 5.41) is 17.8. The lowest BCUT2D eigenvalue weighted by Crippen LogP contribution is -2.27. The molecular formula is C22H21N5O2S. The number of benzene rings is 1. The van der Waals surface area contributed by atoms with Crippen molar-refractivity contribution in [3.05, 3.63) is 75.9 Å². The summed E-state index contributed by atoms with van der Waals surface area (Å²) in [4.78, 5) is 20.5. The van der Waals surface area contributed by atoms with Gasteiger partial charge in [-0.25, -0.2) is 9.97 Å². The van der Waals surface area contributed by atoms with Crippen LogP contribution in [0.1, 0.15) is 21.8 Å². The van der Waals surface area contributed by atoms with Crippen LogP contribution in [0, 0.1) is 18.3 Å². The molecule has 0 radical (unpaired) electrons. The number of hydrogen-bond donors (Lipinski definition) is 2. The van der Waals surface area contributed by atoms with Crippen LogP contribution in [0.5, 0.6) is 5.75 Å². The van der Waals surface area contributed by atoms with E-state index in [4.69, 9.17) is 10.00 Å². The smallest absolute Gasteiger partial charge is 0.244 e. The number of anilines is 1. The van der Waals surface area contributed by atoms with Crippen LogP contribution in [0.4, 0.5) is 5.82 Å². The highest BCUT2D eigenvalue weighted by Gasteiger charge is 2.02. The molecule has 3 rings (SSSR count). The molecule has 0 aliphatic heterocycles. The normalized spacial score (nSPS) is 10.5. The molecule has 2 heterocycles. The van der Waals surface area contributed by atoms with Crippen LogP contribution in [-0.4, -0.2) is 29.0 Å². The van der Waals surface area contributed by atoms with Gasteiger partial charge in [0, 0.05) is 30.7 Å². The lowest BCUT2D eigenvalue weighted by atomic mass is 10.2. The number of nitrogens with one attached hydrogen (secondary N) is 2. The molecule has 8 heteroatoms. The minimum absolute atomic E-state index is 0.206. The Hall–Kier alpha value is -3.70. The number of nitrogens with zero attached hydrogens (tertiary/aromatic N) is 3. The summed E-state index contributed by atoms with van der Waals surface area (Å²) < 4.78 is 5.77. The Kier molecular flexibility index (Phi) is 7.52. The van der Waals surface area contributed by atoms with Crippen molar-refractivity contribution in [2.45, 2.75) is 13.5 Å². The lowest BCUT2D eigenvalue weighted by Gasteiger charge is -2.07. The number of amides is 1. The third kappa shape index (κ3) is 6.43. The zero-order valence-electron chi connectivity index (χ0n) is 16.5. The summed E-state index contributed by atoms with van der Waals surface area (Å²) in [7, 11) is 0. The SMILES string of the molecule is Cc1nc(COc2cccc(C=CC(=O)NCCNc3ncccc3C#N)c2)cs1. The molecule has 0 bridgehead atoms. The van der Waals surface area contributed by atoms with Gasteiger partial charge in [0.25, 0.3) is 0 Å². The molecule has 152 valence electrons. The Morgan fingerprint density at radius 1 is 1.30 bits per heavy atom. The summed E-state index contributed by atoms with van der Waals surface area (Å²) in [6.07, 6.45) is 4.82. The van der Waals surface area contributed by atoms with Crippen molar-refractivity contribution in [2.75, 3.05) is 18.4 Å². The van der Waals surface area contributed by atoms with Gasteiger partial charge in [-0.2, -0.15) is 5.26 Å². The Bertz CT molecular complexity index is 1070. The molecule has 0 aliphatic carbocycles. The Balaban J connectivity index is 1.43. The molecule has 7 nitrogen and oxygen atoms in total. The largest absolute Gasteiger partial charge is 0.487 e. The molecule has 0 spiro atoms. The molecule has 0 fully saturated rings. The molecule has 1 aromatic carbocycles. The topological polar surface area (TPSA) is 99.9 Å². The second-order valence-electron chi connectivity index (χ2n) is 6.28. The Morgan fingerprint density at radius 2 is 2.20 bits per heavy atom. The van der Waals surface area contributed by atoms with Crippen LogP contribution < -0.4 is 15.4 Å². The number of carbonyl (C=O) groups excluding carboxylic acids is 1. The summed E-state index contributed by atoms with van der Waals surface area (Å²) in [5.74, 6) is 1.02. The van der Waals surface area contributed by atoms with E-state index in [0.717, 1.165) is 22.0 Å². The number of nitriles is 1. The molecular weight excluding hydrogens is 398 g/mol. The zero-order chi connectivity index (χ0) is 21.2. The first kappa shape index (κ1) is 21.0. The first-order valence-electron chi connectivity index (χ1n) is 9.33. The van der Waals surface area contributed by atoms with Gasteiger partial charge in [-0.05, 0) is 42.8 Å². The van der Waals surface area contributed by atoms with E-state index in [1.54, 1.807) is 35.7 Å². The maximum atomic E-state index is 12.0. The lowest BCUT2D eigenvalue weighted by molar-refractivity contribution is -0.116. The molecule has 0 unspecified atom stereocenters. The number of aromatic nitrogens is 2. The minimum Gasteiger partial charge on any atom is -0.487 e.